The number of hydrazine groups is 1. The summed E-state index contributed by atoms with van der Waals surface area (Å²) in [5.41, 5.74) is 6.92. The van der Waals surface area contributed by atoms with Gasteiger partial charge in [-0.05, 0) is 12.2 Å². The van der Waals surface area contributed by atoms with Crippen LogP contribution in [0.15, 0.2) is 0 Å². The van der Waals surface area contributed by atoms with Gasteiger partial charge in [0, 0.05) is 0 Å². The fourth-order valence-electron chi connectivity index (χ4n) is 0.378. The Morgan fingerprint density at radius 1 is 1.62 bits per heavy atom. The van der Waals surface area contributed by atoms with Gasteiger partial charge in [-0.1, -0.05) is 0 Å². The molecule has 4 N–H and O–H groups in total. The van der Waals surface area contributed by atoms with Gasteiger partial charge in [0.1, 0.15) is 0 Å². The maximum Gasteiger partial charge on any atom is 0.322 e. The fraction of sp³-hybridized carbons (Fsp3) is 0.500. The first-order valence-corrected chi connectivity index (χ1v) is 5.05. The van der Waals surface area contributed by atoms with Gasteiger partial charge in [0.05, 0.1) is 7.11 Å². The van der Waals surface area contributed by atoms with Crippen LogP contribution in [-0.2, 0) is 19.6 Å². The molecule has 0 fully saturated rings. The lowest BCUT2D eigenvalue weighted by Gasteiger charge is -2.05. The van der Waals surface area contributed by atoms with E-state index in [-0.39, 0.29) is 5.11 Å². The number of nitrogens with one attached hydrogen (secondary N) is 2. The van der Waals surface area contributed by atoms with Crippen LogP contribution in [0.5, 0.6) is 0 Å². The SMILES string of the molecule is COC(=O)CS(=O)(=O)NNC(N)=S. The number of hydrogen-bond acceptors (Lipinski definition) is 5. The molecule has 0 bridgehead atoms. The van der Waals surface area contributed by atoms with Crippen molar-refractivity contribution in [2.75, 3.05) is 12.9 Å². The molecule has 0 aliphatic carbocycles. The van der Waals surface area contributed by atoms with E-state index in [9.17, 15) is 13.2 Å². The quantitative estimate of drug-likeness (QED) is 0.284. The largest absolute Gasteiger partial charge is 0.468 e. The Bertz CT molecular complexity index is 299. The van der Waals surface area contributed by atoms with Gasteiger partial charge < -0.3 is 10.5 Å². The highest BCUT2D eigenvalue weighted by Gasteiger charge is 2.16. The van der Waals surface area contributed by atoms with Gasteiger partial charge in [0.25, 0.3) is 0 Å². The fourth-order valence-corrected chi connectivity index (χ4v) is 1.26. The molecule has 0 atom stereocenters. The molecule has 0 unspecified atom stereocenters. The number of esters is 1. The van der Waals surface area contributed by atoms with Crippen molar-refractivity contribution in [3.63, 3.8) is 0 Å². The van der Waals surface area contributed by atoms with E-state index in [1.165, 1.54) is 0 Å². The van der Waals surface area contributed by atoms with E-state index in [2.05, 4.69) is 17.0 Å². The first-order valence-electron chi connectivity index (χ1n) is 2.99. The predicted molar refractivity (Wildman–Crippen MR) is 48.9 cm³/mol. The summed E-state index contributed by atoms with van der Waals surface area (Å²) >= 11 is 4.33. The van der Waals surface area contributed by atoms with E-state index in [4.69, 9.17) is 5.73 Å². The summed E-state index contributed by atoms with van der Waals surface area (Å²) in [5, 5.41) is -0.242. The maximum atomic E-state index is 10.9. The van der Waals surface area contributed by atoms with E-state index in [0.29, 0.717) is 0 Å². The van der Waals surface area contributed by atoms with Crippen LogP contribution in [0.25, 0.3) is 0 Å². The molecule has 0 aromatic heterocycles. The average molecular weight is 227 g/mol. The van der Waals surface area contributed by atoms with E-state index < -0.39 is 21.7 Å². The van der Waals surface area contributed by atoms with Gasteiger partial charge in [-0.2, -0.15) is 0 Å². The molecule has 0 aliphatic heterocycles. The van der Waals surface area contributed by atoms with Crippen molar-refractivity contribution in [2.24, 2.45) is 5.73 Å². The lowest BCUT2D eigenvalue weighted by molar-refractivity contribution is -0.137. The molecule has 0 saturated heterocycles. The Morgan fingerprint density at radius 3 is 2.54 bits per heavy atom. The van der Waals surface area contributed by atoms with Crippen LogP contribution in [0, 0.1) is 0 Å². The van der Waals surface area contributed by atoms with E-state index in [0.717, 1.165) is 7.11 Å². The van der Waals surface area contributed by atoms with Gasteiger partial charge in [0.2, 0.25) is 10.0 Å². The van der Waals surface area contributed by atoms with E-state index in [1.807, 2.05) is 5.43 Å². The molecule has 0 saturated carbocycles. The number of methoxy groups -OCH3 is 1. The number of hydrogen-bond donors (Lipinski definition) is 3. The minimum atomic E-state index is -3.79. The highest BCUT2D eigenvalue weighted by Crippen LogP contribution is 1.83. The smallest absolute Gasteiger partial charge is 0.322 e. The zero-order valence-electron chi connectivity index (χ0n) is 6.73. The van der Waals surface area contributed by atoms with Gasteiger partial charge in [-0.3, -0.25) is 10.2 Å². The van der Waals surface area contributed by atoms with Gasteiger partial charge in [-0.15, -0.1) is 4.83 Å². The predicted octanol–water partition coefficient (Wildman–Crippen LogP) is -2.17. The second kappa shape index (κ2) is 4.94. The number of rotatable bonds is 4. The monoisotopic (exact) mass is 227 g/mol. The summed E-state index contributed by atoms with van der Waals surface area (Å²) in [6, 6.07) is 0. The summed E-state index contributed by atoms with van der Waals surface area (Å²) in [6.07, 6.45) is 0. The first-order chi connectivity index (χ1) is 5.87. The van der Waals surface area contributed by atoms with Crippen molar-refractivity contribution >= 4 is 33.3 Å². The van der Waals surface area contributed by atoms with Crippen molar-refractivity contribution in [2.45, 2.75) is 0 Å². The normalized spacial score (nSPS) is 10.5. The molecule has 0 aromatic rings. The van der Waals surface area contributed by atoms with Crippen molar-refractivity contribution in [3.05, 3.63) is 0 Å². The Labute approximate surface area is 80.6 Å². The molecule has 0 amide bonds. The molecule has 7 nitrogen and oxygen atoms in total. The highest BCUT2D eigenvalue weighted by atomic mass is 32.2. The molecule has 9 heteroatoms. The second-order valence-electron chi connectivity index (χ2n) is 1.93. The summed E-state index contributed by atoms with van der Waals surface area (Å²) in [5.74, 6) is -1.67. The minimum Gasteiger partial charge on any atom is -0.468 e. The third-order valence-electron chi connectivity index (χ3n) is 0.865. The lowest BCUT2D eigenvalue weighted by Crippen LogP contribution is -2.46. The van der Waals surface area contributed by atoms with Crippen molar-refractivity contribution in [1.82, 2.24) is 10.3 Å². The van der Waals surface area contributed by atoms with Crippen LogP contribution in [0.2, 0.25) is 0 Å². The molecule has 0 rings (SSSR count). The summed E-state index contributed by atoms with van der Waals surface area (Å²) < 4.78 is 26.0. The number of ether oxygens (including phenoxy) is 1. The molecule has 0 aromatic carbocycles. The van der Waals surface area contributed by atoms with Gasteiger partial charge in [0.15, 0.2) is 10.9 Å². The number of carbonyl (C=O) groups is 1. The van der Waals surface area contributed by atoms with Crippen LogP contribution in [-0.4, -0.2) is 32.4 Å². The van der Waals surface area contributed by atoms with Crippen LogP contribution in [0.4, 0.5) is 0 Å². The third kappa shape index (κ3) is 6.25. The zero-order valence-corrected chi connectivity index (χ0v) is 8.37. The Kier molecular flexibility index (Phi) is 4.59. The second-order valence-corrected chi connectivity index (χ2v) is 4.09. The molecular formula is C4H9N3O4S2. The number of carbonyl (C=O) groups excluding carboxylic acids is 1. The molecular weight excluding hydrogens is 218 g/mol. The summed E-state index contributed by atoms with van der Waals surface area (Å²) in [4.78, 5) is 12.3. The Balaban J connectivity index is 4.10. The Morgan fingerprint density at radius 2 is 2.15 bits per heavy atom. The van der Waals surface area contributed by atoms with Gasteiger partial charge >= 0.3 is 5.97 Å². The van der Waals surface area contributed by atoms with Crippen molar-refractivity contribution in [3.8, 4) is 0 Å². The number of sulfonamides is 1. The minimum absolute atomic E-state index is 0.242. The number of thiocarbonyl (C=S) groups is 1. The van der Waals surface area contributed by atoms with E-state index in [1.54, 1.807) is 4.83 Å². The zero-order chi connectivity index (χ0) is 10.5. The van der Waals surface area contributed by atoms with Crippen LogP contribution < -0.4 is 16.0 Å². The van der Waals surface area contributed by atoms with Crippen molar-refractivity contribution in [1.29, 1.82) is 0 Å². The highest BCUT2D eigenvalue weighted by molar-refractivity contribution is 7.90. The van der Waals surface area contributed by atoms with E-state index >= 15 is 0 Å². The molecule has 0 aliphatic rings. The molecule has 0 spiro atoms. The molecule has 76 valence electrons. The van der Waals surface area contributed by atoms with Crippen molar-refractivity contribution < 1.29 is 17.9 Å². The van der Waals surface area contributed by atoms with Crippen LogP contribution in [0.3, 0.4) is 0 Å². The number of nitrogens with two attached hydrogens (primary N) is 1. The molecule has 0 radical (unpaired) electrons. The summed E-state index contributed by atoms with van der Waals surface area (Å²) in [7, 11) is -2.71. The molecule has 13 heavy (non-hydrogen) atoms. The van der Waals surface area contributed by atoms with Crippen LogP contribution >= 0.6 is 12.2 Å². The molecule has 0 heterocycles. The standard InChI is InChI=1S/C4H9N3O4S2/c1-11-3(8)2-13(9,10)7-6-4(5)12/h7H,2H2,1H3,(H3,5,6,12). The maximum absolute atomic E-state index is 10.9. The third-order valence-corrected chi connectivity index (χ3v) is 2.00. The summed E-state index contributed by atoms with van der Waals surface area (Å²) in [6.45, 7) is 0. The lowest BCUT2D eigenvalue weighted by atomic mass is 10.8. The van der Waals surface area contributed by atoms with Crippen LogP contribution in [0.1, 0.15) is 0 Å². The first kappa shape index (κ1) is 12.1. The average Bonchev–Trinajstić information content (AvgIpc) is 2.00. The Hall–Kier alpha value is -0.930. The topological polar surface area (TPSA) is 111 Å². The van der Waals surface area contributed by atoms with Gasteiger partial charge in [-0.25, -0.2) is 8.42 Å².